The summed E-state index contributed by atoms with van der Waals surface area (Å²) in [5.41, 5.74) is 4.35. The highest BCUT2D eigenvalue weighted by Gasteiger charge is 2.32. The number of benzene rings is 2. The number of aromatic nitrogens is 4. The second-order valence-electron chi connectivity index (χ2n) is 14.8. The fourth-order valence-electron chi connectivity index (χ4n) is 7.07. The maximum Gasteiger partial charge on any atom is 0.264 e. The van der Waals surface area contributed by atoms with Crippen LogP contribution in [-0.4, -0.2) is 64.9 Å². The lowest BCUT2D eigenvalue weighted by atomic mass is 9.87. The first-order chi connectivity index (χ1) is 23.7. The zero-order chi connectivity index (χ0) is 35.8. The van der Waals surface area contributed by atoms with Crippen molar-refractivity contribution in [3.8, 4) is 17.1 Å². The van der Waals surface area contributed by atoms with Crippen molar-refractivity contribution in [2.45, 2.75) is 97.2 Å². The predicted molar refractivity (Wildman–Crippen MR) is 195 cm³/mol. The average Bonchev–Trinajstić information content (AvgIpc) is 3.60. The van der Waals surface area contributed by atoms with Gasteiger partial charge in [-0.15, -0.1) is 0 Å². The number of aryl methyl sites for hydroxylation is 3. The van der Waals surface area contributed by atoms with Crippen LogP contribution in [0.5, 0.6) is 5.88 Å². The monoisotopic (exact) mass is 697 g/mol. The molecule has 1 atom stereocenters. The van der Waals surface area contributed by atoms with Crippen LogP contribution in [0, 0.1) is 26.2 Å². The molecule has 2 aromatic heterocycles. The van der Waals surface area contributed by atoms with E-state index in [9.17, 15) is 13.2 Å². The minimum atomic E-state index is -4.18. The summed E-state index contributed by atoms with van der Waals surface area (Å²) in [4.78, 5) is 37.3. The number of ether oxygens (including phenoxy) is 1. The Labute approximate surface area is 295 Å². The molecule has 50 heavy (non-hydrogen) atoms. The molecular formula is C38H47N7O4S. The fraction of sp³-hybridized carbons (Fsp3) is 0.447. The van der Waals surface area contributed by atoms with Crippen LogP contribution in [0.1, 0.15) is 85.7 Å². The molecule has 1 saturated carbocycles. The third-order valence-electron chi connectivity index (χ3n) is 9.54. The molecule has 11 nitrogen and oxygen atoms in total. The van der Waals surface area contributed by atoms with Gasteiger partial charge in [0.1, 0.15) is 18.2 Å². The summed E-state index contributed by atoms with van der Waals surface area (Å²) in [5, 5.41) is 0. The highest BCUT2D eigenvalue weighted by atomic mass is 32.2. The first-order valence-corrected chi connectivity index (χ1v) is 18.7. The molecule has 264 valence electrons. The van der Waals surface area contributed by atoms with Crippen LogP contribution in [0.15, 0.2) is 59.6 Å². The van der Waals surface area contributed by atoms with Crippen LogP contribution in [0.3, 0.4) is 0 Å². The molecular weight excluding hydrogens is 651 g/mol. The number of rotatable bonds is 6. The van der Waals surface area contributed by atoms with Gasteiger partial charge in [0.2, 0.25) is 11.8 Å². The highest BCUT2D eigenvalue weighted by Crippen LogP contribution is 2.32. The zero-order valence-corrected chi connectivity index (χ0v) is 30.8. The van der Waals surface area contributed by atoms with Crippen molar-refractivity contribution in [2.75, 3.05) is 23.3 Å². The van der Waals surface area contributed by atoms with E-state index >= 15 is 0 Å². The molecule has 4 aromatic rings. The molecule has 1 aliphatic carbocycles. The van der Waals surface area contributed by atoms with E-state index in [2.05, 4.69) is 52.4 Å². The van der Waals surface area contributed by atoms with Crippen LogP contribution in [0.2, 0.25) is 0 Å². The van der Waals surface area contributed by atoms with Gasteiger partial charge in [0.25, 0.3) is 15.9 Å². The van der Waals surface area contributed by atoms with Gasteiger partial charge in [-0.1, -0.05) is 57.9 Å². The van der Waals surface area contributed by atoms with E-state index in [4.69, 9.17) is 9.72 Å². The van der Waals surface area contributed by atoms with Gasteiger partial charge in [0, 0.05) is 42.0 Å². The minimum absolute atomic E-state index is 0.0782. The Balaban J connectivity index is 1.46. The Hall–Kier alpha value is -4.58. The Morgan fingerprint density at radius 3 is 2.36 bits per heavy atom. The lowest BCUT2D eigenvalue weighted by Gasteiger charge is -2.35. The van der Waals surface area contributed by atoms with Gasteiger partial charge in [0.05, 0.1) is 23.2 Å². The van der Waals surface area contributed by atoms with Gasteiger partial charge in [0.15, 0.2) is 0 Å². The summed E-state index contributed by atoms with van der Waals surface area (Å²) in [6.45, 7) is 12.5. The summed E-state index contributed by atoms with van der Waals surface area (Å²) in [7, 11) is -2.10. The molecule has 1 aliphatic heterocycles. The Morgan fingerprint density at radius 2 is 1.66 bits per heavy atom. The second-order valence-corrected chi connectivity index (χ2v) is 16.5. The van der Waals surface area contributed by atoms with Gasteiger partial charge in [-0.05, 0) is 74.8 Å². The molecule has 0 unspecified atom stereocenters. The summed E-state index contributed by atoms with van der Waals surface area (Å²) >= 11 is 0. The average molecular weight is 698 g/mol. The number of nitrogens with zero attached hydrogens (tertiary/aromatic N) is 6. The van der Waals surface area contributed by atoms with E-state index in [1.807, 2.05) is 45.2 Å². The van der Waals surface area contributed by atoms with Gasteiger partial charge in [-0.2, -0.15) is 4.98 Å². The van der Waals surface area contributed by atoms with E-state index in [0.717, 1.165) is 40.9 Å². The molecule has 1 N–H and O–H groups in total. The molecule has 2 aromatic carbocycles. The molecule has 12 heteroatoms. The number of anilines is 2. The van der Waals surface area contributed by atoms with E-state index in [-0.39, 0.29) is 46.8 Å². The molecule has 0 radical (unpaired) electrons. The van der Waals surface area contributed by atoms with Gasteiger partial charge < -0.3 is 14.5 Å². The zero-order valence-electron chi connectivity index (χ0n) is 30.0. The van der Waals surface area contributed by atoms with Crippen LogP contribution < -0.4 is 14.4 Å². The first kappa shape index (κ1) is 35.3. The van der Waals surface area contributed by atoms with Crippen molar-refractivity contribution >= 4 is 27.7 Å². The largest absolute Gasteiger partial charge is 0.475 e. The SMILES string of the molecule is Cc1cnc(CN2C(=O)c3cccc(c3)S(=O)(=O)Nc3nc(cc(-c4c(C)cccc4C)n3)OC[C@H]2CC(C)(C)C)nc1N(C)C1CCCC1. The molecule has 1 amide bonds. The summed E-state index contributed by atoms with van der Waals surface area (Å²) in [5.74, 6) is 1.09. The Kier molecular flexibility index (Phi) is 9.85. The standard InChI is InChI=1S/C38H47N7O4S/c1-24-12-10-13-25(2)34(24)31-19-33-42-37(40-31)43-50(47,48)30-17-11-14-27(18-30)36(46)45(29(23-49-33)20-38(4,5)6)22-32-39-21-26(3)35(41-32)44(7)28-15-8-9-16-28/h10-14,17-19,21,28-29H,8-9,15-16,20,22-23H2,1-7H3,(H,40,42,43)/t29-/m1/s1. The van der Waals surface area contributed by atoms with Crippen LogP contribution >= 0.6 is 0 Å². The van der Waals surface area contributed by atoms with Crippen LogP contribution in [0.25, 0.3) is 11.3 Å². The van der Waals surface area contributed by atoms with Crippen LogP contribution in [0.4, 0.5) is 11.8 Å². The Morgan fingerprint density at radius 1 is 0.960 bits per heavy atom. The third kappa shape index (κ3) is 7.75. The number of hydrogen-bond acceptors (Lipinski definition) is 9. The molecule has 4 bridgehead atoms. The molecule has 1 fully saturated rings. The number of fused-ring (bicyclic) bond motifs is 4. The summed E-state index contributed by atoms with van der Waals surface area (Å²) in [6, 6.07) is 13.7. The molecule has 6 rings (SSSR count). The van der Waals surface area contributed by atoms with Gasteiger partial charge >= 0.3 is 0 Å². The minimum Gasteiger partial charge on any atom is -0.475 e. The lowest BCUT2D eigenvalue weighted by Crippen LogP contribution is -2.45. The summed E-state index contributed by atoms with van der Waals surface area (Å²) < 4.78 is 36.5. The second kappa shape index (κ2) is 14.0. The van der Waals surface area contributed by atoms with Crippen molar-refractivity contribution < 1.29 is 17.9 Å². The molecule has 3 heterocycles. The number of carbonyl (C=O) groups is 1. The maximum absolute atomic E-state index is 14.6. The topological polar surface area (TPSA) is 131 Å². The van der Waals surface area contributed by atoms with E-state index in [1.54, 1.807) is 23.1 Å². The van der Waals surface area contributed by atoms with Crippen LogP contribution in [-0.2, 0) is 16.6 Å². The highest BCUT2D eigenvalue weighted by molar-refractivity contribution is 7.92. The smallest absolute Gasteiger partial charge is 0.264 e. The van der Waals surface area contributed by atoms with E-state index in [0.29, 0.717) is 24.0 Å². The van der Waals surface area contributed by atoms with Crippen molar-refractivity contribution in [3.05, 3.63) is 82.8 Å². The molecule has 0 saturated heterocycles. The fourth-order valence-corrected chi connectivity index (χ4v) is 8.05. The summed E-state index contributed by atoms with van der Waals surface area (Å²) in [6.07, 6.45) is 7.04. The van der Waals surface area contributed by atoms with Crippen molar-refractivity contribution in [3.63, 3.8) is 0 Å². The van der Waals surface area contributed by atoms with Crippen molar-refractivity contribution in [1.82, 2.24) is 24.8 Å². The van der Waals surface area contributed by atoms with Gasteiger partial charge in [-0.25, -0.2) is 28.1 Å². The quantitative estimate of drug-likeness (QED) is 0.229. The lowest BCUT2D eigenvalue weighted by molar-refractivity contribution is 0.0505. The number of carbonyl (C=O) groups excluding carboxylic acids is 1. The molecule has 2 aliphatic rings. The molecule has 0 spiro atoms. The maximum atomic E-state index is 14.6. The van der Waals surface area contributed by atoms with E-state index < -0.39 is 16.1 Å². The van der Waals surface area contributed by atoms with E-state index in [1.165, 1.54) is 25.0 Å². The first-order valence-electron chi connectivity index (χ1n) is 17.3. The normalized spacial score (nSPS) is 18.0. The Bertz CT molecular complexity index is 1980. The number of amides is 1. The van der Waals surface area contributed by atoms with Gasteiger partial charge in [-0.3, -0.25) is 4.79 Å². The number of nitrogens with one attached hydrogen (secondary N) is 1. The number of hydrogen-bond donors (Lipinski definition) is 1. The number of sulfonamides is 1. The predicted octanol–water partition coefficient (Wildman–Crippen LogP) is 6.88. The van der Waals surface area contributed by atoms with Crippen molar-refractivity contribution in [2.24, 2.45) is 5.41 Å². The van der Waals surface area contributed by atoms with Crippen molar-refractivity contribution in [1.29, 1.82) is 0 Å². The third-order valence-corrected chi connectivity index (χ3v) is 10.9.